The van der Waals surface area contributed by atoms with Gasteiger partial charge >= 0.3 is 5.76 Å². The summed E-state index contributed by atoms with van der Waals surface area (Å²) in [6, 6.07) is 8.97. The number of aromatic nitrogens is 1. The molecular formula is C17H18N2O6S. The number of nitrogens with one attached hydrogen (secondary N) is 1. The second-order valence-electron chi connectivity index (χ2n) is 5.42. The van der Waals surface area contributed by atoms with Gasteiger partial charge in [-0.05, 0) is 31.2 Å². The van der Waals surface area contributed by atoms with Gasteiger partial charge in [0.2, 0.25) is 0 Å². The Hall–Kier alpha value is -2.94. The molecule has 3 aromatic rings. The standard InChI is InChI=1S/C17H18N2O6S/c1-4-19-13-7-6-12(10-15(13)25-17(19)20)26(21,22)18-11-5-8-14(23-2)16(9-11)24-3/h5-10,18H,4H2,1-3H3. The topological polar surface area (TPSA) is 99.8 Å². The van der Waals surface area contributed by atoms with Gasteiger partial charge < -0.3 is 13.9 Å². The van der Waals surface area contributed by atoms with Crippen molar-refractivity contribution in [3.8, 4) is 11.5 Å². The van der Waals surface area contributed by atoms with Crippen molar-refractivity contribution in [2.24, 2.45) is 0 Å². The van der Waals surface area contributed by atoms with Crippen molar-refractivity contribution < 1.29 is 22.3 Å². The Morgan fingerprint density at radius 1 is 1.08 bits per heavy atom. The highest BCUT2D eigenvalue weighted by Gasteiger charge is 2.18. The molecule has 0 spiro atoms. The highest BCUT2D eigenvalue weighted by molar-refractivity contribution is 7.92. The van der Waals surface area contributed by atoms with Crippen LogP contribution in [0.4, 0.5) is 5.69 Å². The molecule has 138 valence electrons. The summed E-state index contributed by atoms with van der Waals surface area (Å²) < 4.78 is 44.6. The van der Waals surface area contributed by atoms with Crippen LogP contribution >= 0.6 is 0 Å². The molecule has 3 rings (SSSR count). The maximum atomic E-state index is 12.7. The van der Waals surface area contributed by atoms with Crippen LogP contribution in [-0.2, 0) is 16.6 Å². The first-order valence-electron chi connectivity index (χ1n) is 7.78. The maximum Gasteiger partial charge on any atom is 0.419 e. The van der Waals surface area contributed by atoms with Crippen molar-refractivity contribution in [1.29, 1.82) is 0 Å². The monoisotopic (exact) mass is 378 g/mol. The minimum absolute atomic E-state index is 0.0169. The Kier molecular flexibility index (Phi) is 4.64. The second kappa shape index (κ2) is 6.75. The summed E-state index contributed by atoms with van der Waals surface area (Å²) in [4.78, 5) is 11.7. The average molecular weight is 378 g/mol. The fraction of sp³-hybridized carbons (Fsp3) is 0.235. The van der Waals surface area contributed by atoms with Crippen LogP contribution in [0.2, 0.25) is 0 Å². The number of fused-ring (bicyclic) bond motifs is 1. The lowest BCUT2D eigenvalue weighted by molar-refractivity contribution is 0.355. The molecular weight excluding hydrogens is 360 g/mol. The molecule has 0 aliphatic carbocycles. The molecule has 0 fully saturated rings. The summed E-state index contributed by atoms with van der Waals surface area (Å²) in [5.41, 5.74) is 1.07. The van der Waals surface area contributed by atoms with Crippen LogP contribution in [0.25, 0.3) is 11.1 Å². The fourth-order valence-corrected chi connectivity index (χ4v) is 3.69. The van der Waals surface area contributed by atoms with Gasteiger partial charge in [0.15, 0.2) is 17.1 Å². The highest BCUT2D eigenvalue weighted by Crippen LogP contribution is 2.31. The normalized spacial score (nSPS) is 11.5. The largest absolute Gasteiger partial charge is 0.493 e. The number of hydrogen-bond donors (Lipinski definition) is 1. The number of ether oxygens (including phenoxy) is 2. The molecule has 26 heavy (non-hydrogen) atoms. The van der Waals surface area contributed by atoms with Crippen molar-refractivity contribution in [2.45, 2.75) is 18.4 Å². The summed E-state index contributed by atoms with van der Waals surface area (Å²) in [5.74, 6) is 0.360. The lowest BCUT2D eigenvalue weighted by Gasteiger charge is -2.12. The number of nitrogens with zero attached hydrogens (tertiary/aromatic N) is 1. The summed E-state index contributed by atoms with van der Waals surface area (Å²) in [6.45, 7) is 2.24. The zero-order chi connectivity index (χ0) is 18.9. The number of oxazole rings is 1. The molecule has 2 aromatic carbocycles. The Bertz CT molecular complexity index is 1110. The lowest BCUT2D eigenvalue weighted by Crippen LogP contribution is -2.13. The van der Waals surface area contributed by atoms with Gasteiger partial charge in [-0.3, -0.25) is 9.29 Å². The van der Waals surface area contributed by atoms with Crippen LogP contribution < -0.4 is 20.0 Å². The van der Waals surface area contributed by atoms with Crippen LogP contribution in [0.1, 0.15) is 6.92 Å². The number of anilines is 1. The number of benzene rings is 2. The Morgan fingerprint density at radius 3 is 2.46 bits per heavy atom. The van der Waals surface area contributed by atoms with Crippen molar-refractivity contribution >= 4 is 26.8 Å². The number of sulfonamides is 1. The molecule has 1 heterocycles. The molecule has 0 unspecified atom stereocenters. The molecule has 0 atom stereocenters. The van der Waals surface area contributed by atoms with E-state index in [1.165, 1.54) is 37.0 Å². The van der Waals surface area contributed by atoms with Crippen molar-refractivity contribution in [2.75, 3.05) is 18.9 Å². The van der Waals surface area contributed by atoms with Gasteiger partial charge in [-0.2, -0.15) is 0 Å². The van der Waals surface area contributed by atoms with Crippen molar-refractivity contribution in [3.63, 3.8) is 0 Å². The van der Waals surface area contributed by atoms with E-state index in [-0.39, 0.29) is 10.5 Å². The van der Waals surface area contributed by atoms with E-state index in [9.17, 15) is 13.2 Å². The van der Waals surface area contributed by atoms with Crippen LogP contribution in [0.5, 0.6) is 11.5 Å². The molecule has 0 saturated carbocycles. The van der Waals surface area contributed by atoms with E-state index in [4.69, 9.17) is 13.9 Å². The SMILES string of the molecule is CCn1c(=O)oc2cc(S(=O)(=O)Nc3ccc(OC)c(OC)c3)ccc21. The van der Waals surface area contributed by atoms with E-state index in [2.05, 4.69) is 4.72 Å². The minimum atomic E-state index is -3.88. The van der Waals surface area contributed by atoms with Crippen LogP contribution in [-0.4, -0.2) is 27.2 Å². The smallest absolute Gasteiger partial charge is 0.419 e. The van der Waals surface area contributed by atoms with Gasteiger partial charge in [0.25, 0.3) is 10.0 Å². The van der Waals surface area contributed by atoms with Crippen molar-refractivity contribution in [3.05, 3.63) is 46.9 Å². The average Bonchev–Trinajstić information content (AvgIpc) is 2.95. The summed E-state index contributed by atoms with van der Waals surface area (Å²) >= 11 is 0. The third-order valence-corrected chi connectivity index (χ3v) is 5.28. The van der Waals surface area contributed by atoms with Gasteiger partial charge in [0, 0.05) is 18.7 Å². The number of aryl methyl sites for hydroxylation is 1. The molecule has 8 nitrogen and oxygen atoms in total. The number of hydrogen-bond acceptors (Lipinski definition) is 6. The molecule has 0 aliphatic rings. The highest BCUT2D eigenvalue weighted by atomic mass is 32.2. The first-order valence-corrected chi connectivity index (χ1v) is 9.26. The lowest BCUT2D eigenvalue weighted by atomic mass is 10.3. The molecule has 0 aliphatic heterocycles. The fourth-order valence-electron chi connectivity index (χ4n) is 2.63. The van der Waals surface area contributed by atoms with Gasteiger partial charge in [0.1, 0.15) is 0 Å². The predicted molar refractivity (Wildman–Crippen MR) is 96.5 cm³/mol. The Morgan fingerprint density at radius 2 is 1.81 bits per heavy atom. The van der Waals surface area contributed by atoms with Crippen LogP contribution in [0, 0.1) is 0 Å². The number of rotatable bonds is 6. The molecule has 0 amide bonds. The van der Waals surface area contributed by atoms with E-state index in [0.717, 1.165) is 0 Å². The summed E-state index contributed by atoms with van der Waals surface area (Å²) in [6.07, 6.45) is 0. The Balaban J connectivity index is 1.98. The summed E-state index contributed by atoms with van der Waals surface area (Å²) in [7, 11) is -0.921. The molecule has 0 radical (unpaired) electrons. The first-order chi connectivity index (χ1) is 12.4. The van der Waals surface area contributed by atoms with Gasteiger partial charge in [-0.25, -0.2) is 13.2 Å². The van der Waals surface area contributed by atoms with E-state index >= 15 is 0 Å². The Labute approximate surface area is 150 Å². The zero-order valence-electron chi connectivity index (χ0n) is 14.5. The minimum Gasteiger partial charge on any atom is -0.493 e. The van der Waals surface area contributed by atoms with E-state index in [1.807, 2.05) is 0 Å². The van der Waals surface area contributed by atoms with Crippen molar-refractivity contribution in [1.82, 2.24) is 4.57 Å². The second-order valence-corrected chi connectivity index (χ2v) is 7.10. The molecule has 1 N–H and O–H groups in total. The molecule has 0 saturated heterocycles. The van der Waals surface area contributed by atoms with E-state index < -0.39 is 15.8 Å². The van der Waals surface area contributed by atoms with Gasteiger partial charge in [-0.15, -0.1) is 0 Å². The predicted octanol–water partition coefficient (Wildman–Crippen LogP) is 2.43. The molecule has 0 bridgehead atoms. The van der Waals surface area contributed by atoms with Gasteiger partial charge in [0.05, 0.1) is 30.3 Å². The maximum absolute atomic E-state index is 12.7. The van der Waals surface area contributed by atoms with Gasteiger partial charge in [-0.1, -0.05) is 0 Å². The van der Waals surface area contributed by atoms with E-state index in [0.29, 0.717) is 29.2 Å². The summed E-state index contributed by atoms with van der Waals surface area (Å²) in [5, 5.41) is 0. The third-order valence-electron chi connectivity index (χ3n) is 3.90. The molecule has 9 heteroatoms. The number of methoxy groups -OCH3 is 2. The molecule has 1 aromatic heterocycles. The first kappa shape index (κ1) is 17.9. The van der Waals surface area contributed by atoms with E-state index in [1.54, 1.807) is 25.1 Å². The quantitative estimate of drug-likeness (QED) is 0.707. The van der Waals surface area contributed by atoms with Crippen LogP contribution in [0.3, 0.4) is 0 Å². The zero-order valence-corrected chi connectivity index (χ0v) is 15.3. The third kappa shape index (κ3) is 3.13. The van der Waals surface area contributed by atoms with Crippen LogP contribution in [0.15, 0.2) is 50.5 Å².